The van der Waals surface area contributed by atoms with E-state index < -0.39 is 9.84 Å². The number of carbonyl (C=O) groups excluding carboxylic acids is 1. The fraction of sp³-hybridized carbons (Fsp3) is 0.923. The normalized spacial score (nSPS) is 18.5. The Hall–Kier alpha value is -0.580. The average Bonchev–Trinajstić information content (AvgIpc) is 2.80. The largest absolute Gasteiger partial charge is 0.336 e. The smallest absolute Gasteiger partial charge is 0.223 e. The van der Waals surface area contributed by atoms with Crippen LogP contribution in [0, 0.1) is 5.41 Å². The molecule has 0 bridgehead atoms. The lowest BCUT2D eigenvalue weighted by Crippen LogP contribution is -2.44. The van der Waals surface area contributed by atoms with Gasteiger partial charge in [-0.15, -0.1) is 0 Å². The van der Waals surface area contributed by atoms with Crippen LogP contribution in [0.4, 0.5) is 0 Å². The first-order valence-corrected chi connectivity index (χ1v) is 8.54. The van der Waals surface area contributed by atoms with Gasteiger partial charge in [0.2, 0.25) is 5.91 Å². The maximum absolute atomic E-state index is 12.3. The van der Waals surface area contributed by atoms with E-state index in [0.29, 0.717) is 6.42 Å². The van der Waals surface area contributed by atoms with Gasteiger partial charge in [-0.05, 0) is 25.2 Å². The van der Waals surface area contributed by atoms with Crippen LogP contribution in [0.5, 0.6) is 0 Å². The van der Waals surface area contributed by atoms with E-state index in [9.17, 15) is 13.2 Å². The van der Waals surface area contributed by atoms with Gasteiger partial charge in [0.15, 0.2) is 0 Å². The van der Waals surface area contributed by atoms with Gasteiger partial charge >= 0.3 is 0 Å². The highest BCUT2D eigenvalue weighted by molar-refractivity contribution is 7.90. The second kappa shape index (κ2) is 5.19. The zero-order valence-corrected chi connectivity index (χ0v) is 12.9. The summed E-state index contributed by atoms with van der Waals surface area (Å²) in [6, 6.07) is 0.0407. The minimum atomic E-state index is -3.05. The van der Waals surface area contributed by atoms with Crippen molar-refractivity contribution in [1.82, 2.24) is 4.90 Å². The molecule has 0 aliphatic heterocycles. The Morgan fingerprint density at radius 1 is 1.33 bits per heavy atom. The Morgan fingerprint density at radius 3 is 2.17 bits per heavy atom. The zero-order chi connectivity index (χ0) is 14.1. The molecule has 0 N–H and O–H groups in total. The molecule has 1 fully saturated rings. The van der Waals surface area contributed by atoms with Crippen LogP contribution in [-0.4, -0.2) is 43.3 Å². The van der Waals surface area contributed by atoms with E-state index >= 15 is 0 Å². The van der Waals surface area contributed by atoms with E-state index in [1.54, 1.807) is 4.90 Å². The summed E-state index contributed by atoms with van der Waals surface area (Å²) in [6.07, 6.45) is 3.70. The van der Waals surface area contributed by atoms with Gasteiger partial charge in [0.05, 0.1) is 5.75 Å². The minimum Gasteiger partial charge on any atom is -0.336 e. The summed E-state index contributed by atoms with van der Waals surface area (Å²) in [7, 11) is -3.05. The molecule has 18 heavy (non-hydrogen) atoms. The third-order valence-electron chi connectivity index (χ3n) is 2.93. The quantitative estimate of drug-likeness (QED) is 0.769. The molecule has 0 spiro atoms. The van der Waals surface area contributed by atoms with E-state index in [0.717, 1.165) is 12.8 Å². The first-order chi connectivity index (χ1) is 7.99. The molecule has 1 aliphatic rings. The molecule has 0 unspecified atom stereocenters. The predicted molar refractivity (Wildman–Crippen MR) is 73.1 cm³/mol. The lowest BCUT2D eigenvalue weighted by atomic mass is 9.91. The molecule has 0 radical (unpaired) electrons. The lowest BCUT2D eigenvalue weighted by Gasteiger charge is -2.31. The number of rotatable bonds is 5. The van der Waals surface area contributed by atoms with Crippen molar-refractivity contribution in [1.29, 1.82) is 0 Å². The Balaban J connectivity index is 2.73. The van der Waals surface area contributed by atoms with Crippen molar-refractivity contribution in [3.8, 4) is 0 Å². The van der Waals surface area contributed by atoms with Gasteiger partial charge in [-0.25, -0.2) is 8.42 Å². The van der Waals surface area contributed by atoms with E-state index in [-0.39, 0.29) is 29.2 Å². The molecule has 1 aliphatic carbocycles. The Labute approximate surface area is 111 Å². The van der Waals surface area contributed by atoms with Crippen molar-refractivity contribution < 1.29 is 13.2 Å². The van der Waals surface area contributed by atoms with Crippen LogP contribution in [0.15, 0.2) is 0 Å². The van der Waals surface area contributed by atoms with Crippen molar-refractivity contribution in [3.05, 3.63) is 0 Å². The minimum absolute atomic E-state index is 0.0549. The first-order valence-electron chi connectivity index (χ1n) is 6.48. The van der Waals surface area contributed by atoms with E-state index in [4.69, 9.17) is 0 Å². The summed E-state index contributed by atoms with van der Waals surface area (Å²) in [5.74, 6) is 0.139. The molecular weight excluding hydrogens is 250 g/mol. The van der Waals surface area contributed by atoms with Crippen molar-refractivity contribution in [2.45, 2.75) is 59.0 Å². The highest BCUT2D eigenvalue weighted by Crippen LogP contribution is 2.31. The topological polar surface area (TPSA) is 54.5 Å². The third kappa shape index (κ3) is 5.38. The fourth-order valence-corrected chi connectivity index (χ4v) is 3.26. The maximum atomic E-state index is 12.3. The number of amides is 1. The van der Waals surface area contributed by atoms with Gasteiger partial charge in [-0.1, -0.05) is 20.8 Å². The standard InChI is InChI=1S/C13H25NO3S/c1-10(9-18(5,16)17)14(11-6-7-11)12(15)8-13(2,3)4/h10-11H,6-9H2,1-5H3/t10-/m0/s1. The first kappa shape index (κ1) is 15.5. The van der Waals surface area contributed by atoms with Crippen molar-refractivity contribution in [2.75, 3.05) is 12.0 Å². The van der Waals surface area contributed by atoms with Crippen LogP contribution in [0.25, 0.3) is 0 Å². The Morgan fingerprint density at radius 2 is 1.83 bits per heavy atom. The van der Waals surface area contributed by atoms with E-state index in [2.05, 4.69) is 0 Å². The van der Waals surface area contributed by atoms with Crippen molar-refractivity contribution >= 4 is 15.7 Å². The zero-order valence-electron chi connectivity index (χ0n) is 12.1. The Bertz CT molecular complexity index is 404. The summed E-state index contributed by atoms with van der Waals surface area (Å²) in [5, 5.41) is 0. The Kier molecular flexibility index (Phi) is 4.47. The number of hydrogen-bond acceptors (Lipinski definition) is 3. The SMILES string of the molecule is C[C@@H](CS(C)(=O)=O)N(C(=O)CC(C)(C)C)C1CC1. The molecule has 4 nitrogen and oxygen atoms in total. The second-order valence-electron chi connectivity index (χ2n) is 6.71. The van der Waals surface area contributed by atoms with Gasteiger partial charge in [0.25, 0.3) is 0 Å². The number of hydrogen-bond donors (Lipinski definition) is 0. The van der Waals surface area contributed by atoms with Gasteiger partial charge in [0.1, 0.15) is 9.84 Å². The van der Waals surface area contributed by atoms with Crippen LogP contribution in [0.2, 0.25) is 0 Å². The second-order valence-corrected chi connectivity index (χ2v) is 8.90. The van der Waals surface area contributed by atoms with Gasteiger partial charge < -0.3 is 4.90 Å². The number of nitrogens with zero attached hydrogens (tertiary/aromatic N) is 1. The molecule has 1 amide bonds. The molecule has 0 aromatic carbocycles. The predicted octanol–water partition coefficient (Wildman–Crippen LogP) is 1.85. The molecule has 5 heteroatoms. The summed E-state index contributed by atoms with van der Waals surface area (Å²) in [4.78, 5) is 14.1. The van der Waals surface area contributed by atoms with Crippen LogP contribution >= 0.6 is 0 Å². The number of carbonyl (C=O) groups is 1. The van der Waals surface area contributed by atoms with Crippen molar-refractivity contribution in [2.24, 2.45) is 5.41 Å². The molecule has 106 valence electrons. The van der Waals surface area contributed by atoms with Crippen LogP contribution in [-0.2, 0) is 14.6 Å². The summed E-state index contributed by atoms with van der Waals surface area (Å²) in [6.45, 7) is 7.91. The average molecular weight is 275 g/mol. The fourth-order valence-electron chi connectivity index (χ4n) is 2.23. The molecule has 0 aromatic heterocycles. The highest BCUT2D eigenvalue weighted by atomic mass is 32.2. The van der Waals surface area contributed by atoms with Gasteiger partial charge in [0, 0.05) is 24.8 Å². The molecule has 1 rings (SSSR count). The molecular formula is C13H25NO3S. The van der Waals surface area contributed by atoms with E-state index in [1.165, 1.54) is 6.26 Å². The summed E-state index contributed by atoms with van der Waals surface area (Å²) < 4.78 is 22.7. The molecule has 0 aromatic rings. The van der Waals surface area contributed by atoms with Crippen molar-refractivity contribution in [3.63, 3.8) is 0 Å². The molecule has 1 saturated carbocycles. The number of sulfone groups is 1. The van der Waals surface area contributed by atoms with Gasteiger partial charge in [-0.2, -0.15) is 0 Å². The molecule has 0 heterocycles. The summed E-state index contributed by atoms with van der Waals surface area (Å²) in [5.41, 5.74) is -0.0605. The van der Waals surface area contributed by atoms with E-state index in [1.807, 2.05) is 27.7 Å². The third-order valence-corrected chi connectivity index (χ3v) is 4.02. The van der Waals surface area contributed by atoms with Gasteiger partial charge in [-0.3, -0.25) is 4.79 Å². The molecule has 1 atom stereocenters. The monoisotopic (exact) mass is 275 g/mol. The van der Waals surface area contributed by atoms with Crippen LogP contribution < -0.4 is 0 Å². The highest BCUT2D eigenvalue weighted by Gasteiger charge is 2.37. The lowest BCUT2D eigenvalue weighted by molar-refractivity contribution is -0.135. The molecule has 0 saturated heterocycles. The van der Waals surface area contributed by atoms with Crippen LogP contribution in [0.1, 0.15) is 47.0 Å². The maximum Gasteiger partial charge on any atom is 0.223 e. The summed E-state index contributed by atoms with van der Waals surface area (Å²) >= 11 is 0. The van der Waals surface area contributed by atoms with Crippen LogP contribution in [0.3, 0.4) is 0 Å².